The van der Waals surface area contributed by atoms with Gasteiger partial charge in [0.2, 0.25) is 0 Å². The molecule has 1 aliphatic heterocycles. The van der Waals surface area contributed by atoms with Crippen molar-refractivity contribution < 1.29 is 8.42 Å². The standard InChI is InChI=1S/C15H22N4O2S2/c1-3-19-13(2)14(11-16-19)12-17-6-8-18(9-7-17)23(20,21)15-5-4-10-22-15/h4-5,10-11H,3,6-9,12H2,1-2H3. The van der Waals surface area contributed by atoms with Crippen LogP contribution < -0.4 is 0 Å². The van der Waals surface area contributed by atoms with E-state index in [9.17, 15) is 8.42 Å². The van der Waals surface area contributed by atoms with Crippen molar-refractivity contribution in [1.82, 2.24) is 19.0 Å². The van der Waals surface area contributed by atoms with Crippen LogP contribution in [0.5, 0.6) is 0 Å². The Kier molecular flexibility index (Phi) is 4.86. The predicted octanol–water partition coefficient (Wildman–Crippen LogP) is 1.78. The molecule has 6 nitrogen and oxygen atoms in total. The third kappa shape index (κ3) is 3.35. The SMILES string of the molecule is CCn1ncc(CN2CCN(S(=O)(=O)c3cccs3)CC2)c1C. The molecular formula is C15H22N4O2S2. The van der Waals surface area contributed by atoms with Crippen LogP contribution in [0.4, 0.5) is 0 Å². The quantitative estimate of drug-likeness (QED) is 0.821. The van der Waals surface area contributed by atoms with Crippen LogP contribution in [0.2, 0.25) is 0 Å². The number of nitrogens with zero attached hydrogens (tertiary/aromatic N) is 4. The van der Waals surface area contributed by atoms with Crippen LogP contribution in [0.1, 0.15) is 18.2 Å². The lowest BCUT2D eigenvalue weighted by Gasteiger charge is -2.33. The van der Waals surface area contributed by atoms with E-state index in [0.717, 1.165) is 26.2 Å². The Morgan fingerprint density at radius 2 is 2.00 bits per heavy atom. The molecule has 0 unspecified atom stereocenters. The molecular weight excluding hydrogens is 332 g/mol. The average molecular weight is 355 g/mol. The van der Waals surface area contributed by atoms with Gasteiger partial charge < -0.3 is 0 Å². The molecule has 0 N–H and O–H groups in total. The summed E-state index contributed by atoms with van der Waals surface area (Å²) >= 11 is 1.28. The van der Waals surface area contributed by atoms with Crippen molar-refractivity contribution in [1.29, 1.82) is 0 Å². The number of hydrogen-bond donors (Lipinski definition) is 0. The molecule has 0 aliphatic carbocycles. The third-order valence-corrected chi connectivity index (χ3v) is 7.59. The highest BCUT2D eigenvalue weighted by Gasteiger charge is 2.29. The minimum absolute atomic E-state index is 0.436. The molecule has 1 aliphatic rings. The minimum Gasteiger partial charge on any atom is -0.296 e. The summed E-state index contributed by atoms with van der Waals surface area (Å²) in [5, 5.41) is 6.18. The molecule has 0 radical (unpaired) electrons. The van der Waals surface area contributed by atoms with Crippen LogP contribution in [0.25, 0.3) is 0 Å². The Hall–Kier alpha value is -1.22. The summed E-state index contributed by atoms with van der Waals surface area (Å²) in [6, 6.07) is 3.46. The van der Waals surface area contributed by atoms with Gasteiger partial charge in [-0.25, -0.2) is 8.42 Å². The second kappa shape index (κ2) is 6.72. The van der Waals surface area contributed by atoms with Crippen LogP contribution >= 0.6 is 11.3 Å². The highest BCUT2D eigenvalue weighted by atomic mass is 32.2. The molecule has 1 fully saturated rings. The van der Waals surface area contributed by atoms with Gasteiger partial charge >= 0.3 is 0 Å². The lowest BCUT2D eigenvalue weighted by atomic mass is 10.2. The first kappa shape index (κ1) is 16.6. The van der Waals surface area contributed by atoms with E-state index in [0.29, 0.717) is 17.3 Å². The largest absolute Gasteiger partial charge is 0.296 e. The van der Waals surface area contributed by atoms with E-state index in [1.165, 1.54) is 22.6 Å². The molecule has 2 aromatic rings. The number of aromatic nitrogens is 2. The molecule has 0 spiro atoms. The topological polar surface area (TPSA) is 58.4 Å². The minimum atomic E-state index is -3.31. The molecule has 0 bridgehead atoms. The zero-order valence-corrected chi connectivity index (χ0v) is 15.1. The van der Waals surface area contributed by atoms with Crippen LogP contribution in [0.3, 0.4) is 0 Å². The van der Waals surface area contributed by atoms with E-state index in [2.05, 4.69) is 23.8 Å². The van der Waals surface area contributed by atoms with Gasteiger partial charge in [0.25, 0.3) is 10.0 Å². The second-order valence-electron chi connectivity index (χ2n) is 5.68. The molecule has 0 saturated carbocycles. The third-order valence-electron chi connectivity index (χ3n) is 4.32. The lowest BCUT2D eigenvalue weighted by molar-refractivity contribution is 0.181. The van der Waals surface area contributed by atoms with Gasteiger partial charge in [-0.05, 0) is 25.3 Å². The molecule has 0 aromatic carbocycles. The molecule has 8 heteroatoms. The Labute approximate surface area is 141 Å². The summed E-state index contributed by atoms with van der Waals surface area (Å²) < 4.78 is 29.1. The Morgan fingerprint density at radius 1 is 1.26 bits per heavy atom. The number of thiophene rings is 1. The van der Waals surface area contributed by atoms with Gasteiger partial charge in [-0.1, -0.05) is 6.07 Å². The van der Waals surface area contributed by atoms with Gasteiger partial charge in [0.05, 0.1) is 6.20 Å². The molecule has 2 aromatic heterocycles. The van der Waals surface area contributed by atoms with E-state index in [1.54, 1.807) is 21.8 Å². The Morgan fingerprint density at radius 3 is 2.57 bits per heavy atom. The van der Waals surface area contributed by atoms with Crippen LogP contribution in [-0.4, -0.2) is 53.6 Å². The summed E-state index contributed by atoms with van der Waals surface area (Å²) in [5.41, 5.74) is 2.42. The van der Waals surface area contributed by atoms with Gasteiger partial charge in [0.15, 0.2) is 0 Å². The van der Waals surface area contributed by atoms with Gasteiger partial charge in [-0.15, -0.1) is 11.3 Å². The monoisotopic (exact) mass is 354 g/mol. The number of aryl methyl sites for hydroxylation is 1. The van der Waals surface area contributed by atoms with Crippen molar-refractivity contribution in [3.05, 3.63) is 35.0 Å². The molecule has 126 valence electrons. The van der Waals surface area contributed by atoms with Crippen LogP contribution in [0, 0.1) is 6.92 Å². The fourth-order valence-corrected chi connectivity index (χ4v) is 5.43. The van der Waals surface area contributed by atoms with Gasteiger partial charge in [-0.2, -0.15) is 9.40 Å². The molecule has 3 heterocycles. The number of sulfonamides is 1. The summed E-state index contributed by atoms with van der Waals surface area (Å²) in [6.45, 7) is 8.46. The van der Waals surface area contributed by atoms with Crippen molar-refractivity contribution in [2.45, 2.75) is 31.1 Å². The lowest BCUT2D eigenvalue weighted by Crippen LogP contribution is -2.48. The first-order valence-corrected chi connectivity index (χ1v) is 10.1. The summed E-state index contributed by atoms with van der Waals surface area (Å²) in [4.78, 5) is 2.30. The fourth-order valence-electron chi connectivity index (χ4n) is 2.87. The smallest absolute Gasteiger partial charge is 0.252 e. The number of piperazine rings is 1. The Balaban J connectivity index is 1.61. The predicted molar refractivity (Wildman–Crippen MR) is 91.0 cm³/mol. The normalized spacial score (nSPS) is 17.7. The van der Waals surface area contributed by atoms with Gasteiger partial charge in [-0.3, -0.25) is 9.58 Å². The first-order chi connectivity index (χ1) is 11.0. The first-order valence-electron chi connectivity index (χ1n) is 7.79. The number of hydrogen-bond acceptors (Lipinski definition) is 5. The molecule has 0 atom stereocenters. The molecule has 3 rings (SSSR count). The highest BCUT2D eigenvalue weighted by Crippen LogP contribution is 2.22. The van der Waals surface area contributed by atoms with Crippen LogP contribution in [-0.2, 0) is 23.1 Å². The fraction of sp³-hybridized carbons (Fsp3) is 0.533. The zero-order valence-electron chi connectivity index (χ0n) is 13.5. The summed E-state index contributed by atoms with van der Waals surface area (Å²) in [7, 11) is -3.31. The van der Waals surface area contributed by atoms with Gasteiger partial charge in [0, 0.05) is 50.5 Å². The van der Waals surface area contributed by atoms with Crippen molar-refractivity contribution >= 4 is 21.4 Å². The molecule has 1 saturated heterocycles. The Bertz CT molecular complexity index is 745. The molecule has 23 heavy (non-hydrogen) atoms. The van der Waals surface area contributed by atoms with Crippen LogP contribution in [0.15, 0.2) is 27.9 Å². The van der Waals surface area contributed by atoms with E-state index in [-0.39, 0.29) is 0 Å². The number of rotatable bonds is 5. The highest BCUT2D eigenvalue weighted by molar-refractivity contribution is 7.91. The maximum atomic E-state index is 12.5. The van der Waals surface area contributed by atoms with Crippen molar-refractivity contribution in [2.75, 3.05) is 26.2 Å². The van der Waals surface area contributed by atoms with E-state index >= 15 is 0 Å². The average Bonchev–Trinajstić information content (AvgIpc) is 3.19. The van der Waals surface area contributed by atoms with Gasteiger partial charge in [0.1, 0.15) is 4.21 Å². The maximum absolute atomic E-state index is 12.5. The van der Waals surface area contributed by atoms with Crippen molar-refractivity contribution in [3.63, 3.8) is 0 Å². The summed E-state index contributed by atoms with van der Waals surface area (Å²) in [6.07, 6.45) is 1.92. The summed E-state index contributed by atoms with van der Waals surface area (Å²) in [5.74, 6) is 0. The van der Waals surface area contributed by atoms with E-state index in [1.807, 2.05) is 10.9 Å². The van der Waals surface area contributed by atoms with Crippen molar-refractivity contribution in [2.24, 2.45) is 0 Å². The zero-order chi connectivity index (χ0) is 16.4. The van der Waals surface area contributed by atoms with E-state index in [4.69, 9.17) is 0 Å². The molecule has 0 amide bonds. The van der Waals surface area contributed by atoms with Crippen molar-refractivity contribution in [3.8, 4) is 0 Å². The maximum Gasteiger partial charge on any atom is 0.252 e. The second-order valence-corrected chi connectivity index (χ2v) is 8.80. The van der Waals surface area contributed by atoms with E-state index < -0.39 is 10.0 Å².